The third kappa shape index (κ3) is 3.51. The third-order valence-electron chi connectivity index (χ3n) is 4.12. The van der Waals surface area contributed by atoms with Crippen LogP contribution in [0.1, 0.15) is 16.1 Å². The van der Waals surface area contributed by atoms with Crippen molar-refractivity contribution >= 4 is 17.5 Å². The molecule has 1 aliphatic rings. The average Bonchev–Trinajstić information content (AvgIpc) is 2.57. The number of hydrogen-bond donors (Lipinski definition) is 1. The van der Waals surface area contributed by atoms with E-state index < -0.39 is 11.7 Å². The van der Waals surface area contributed by atoms with Crippen molar-refractivity contribution in [1.82, 2.24) is 14.9 Å². The fraction of sp³-hybridized carbons (Fsp3) is 0.353. The first-order valence-electron chi connectivity index (χ1n) is 7.87. The standard InChI is InChI=1S/C17H20FN5O/c1-12-13(16(24)21-15-6-4-3-5-14(15)18)11-19-17(20-12)23-9-7-22(2)8-10-23/h3-6,11H,7-10H2,1-2H3,(H,21,24). The molecule has 1 aliphatic heterocycles. The normalized spacial score (nSPS) is 15.4. The Kier molecular flexibility index (Phi) is 4.71. The van der Waals surface area contributed by atoms with Crippen LogP contribution in [0, 0.1) is 12.7 Å². The van der Waals surface area contributed by atoms with Crippen LogP contribution in [0.2, 0.25) is 0 Å². The Morgan fingerprint density at radius 3 is 2.58 bits per heavy atom. The van der Waals surface area contributed by atoms with Gasteiger partial charge >= 0.3 is 0 Å². The number of aryl methyl sites for hydroxylation is 1. The van der Waals surface area contributed by atoms with Gasteiger partial charge in [-0.25, -0.2) is 14.4 Å². The Balaban J connectivity index is 1.75. The van der Waals surface area contributed by atoms with E-state index in [1.54, 1.807) is 19.1 Å². The fourth-order valence-electron chi connectivity index (χ4n) is 2.59. The molecule has 0 aliphatic carbocycles. The van der Waals surface area contributed by atoms with Crippen LogP contribution in [-0.4, -0.2) is 54.0 Å². The number of likely N-dealkylation sites (N-methyl/N-ethyl adjacent to an activating group) is 1. The number of hydrogen-bond acceptors (Lipinski definition) is 5. The van der Waals surface area contributed by atoms with Gasteiger partial charge in [0.05, 0.1) is 16.9 Å². The number of carbonyl (C=O) groups excluding carboxylic acids is 1. The molecule has 0 atom stereocenters. The maximum absolute atomic E-state index is 13.6. The number of nitrogens with one attached hydrogen (secondary N) is 1. The minimum atomic E-state index is -0.474. The van der Waals surface area contributed by atoms with Crippen molar-refractivity contribution in [3.63, 3.8) is 0 Å². The second-order valence-corrected chi connectivity index (χ2v) is 5.89. The number of benzene rings is 1. The molecule has 0 unspecified atom stereocenters. The smallest absolute Gasteiger partial charge is 0.259 e. The monoisotopic (exact) mass is 329 g/mol. The zero-order valence-electron chi connectivity index (χ0n) is 13.8. The molecule has 1 saturated heterocycles. The predicted octanol–water partition coefficient (Wildman–Crippen LogP) is 1.93. The molecule has 1 aromatic heterocycles. The van der Waals surface area contributed by atoms with Gasteiger partial charge in [-0.1, -0.05) is 12.1 Å². The highest BCUT2D eigenvalue weighted by molar-refractivity contribution is 6.04. The van der Waals surface area contributed by atoms with Gasteiger partial charge in [0.1, 0.15) is 5.82 Å². The van der Waals surface area contributed by atoms with E-state index in [1.165, 1.54) is 18.3 Å². The molecule has 0 spiro atoms. The molecule has 3 rings (SSSR count). The summed E-state index contributed by atoms with van der Waals surface area (Å²) >= 11 is 0. The van der Waals surface area contributed by atoms with Crippen molar-refractivity contribution in [2.24, 2.45) is 0 Å². The highest BCUT2D eigenvalue weighted by atomic mass is 19.1. The molecule has 0 bridgehead atoms. The summed E-state index contributed by atoms with van der Waals surface area (Å²) in [5, 5.41) is 2.56. The van der Waals surface area contributed by atoms with Crippen LogP contribution < -0.4 is 10.2 Å². The van der Waals surface area contributed by atoms with Crippen molar-refractivity contribution in [3.05, 3.63) is 47.5 Å². The molecule has 2 aromatic rings. The second kappa shape index (κ2) is 6.92. The van der Waals surface area contributed by atoms with Gasteiger partial charge in [0.2, 0.25) is 5.95 Å². The molecule has 24 heavy (non-hydrogen) atoms. The SMILES string of the molecule is Cc1nc(N2CCN(C)CC2)ncc1C(=O)Nc1ccccc1F. The van der Waals surface area contributed by atoms with E-state index in [-0.39, 0.29) is 5.69 Å². The number of nitrogens with zero attached hydrogens (tertiary/aromatic N) is 4. The van der Waals surface area contributed by atoms with E-state index in [9.17, 15) is 9.18 Å². The molecule has 7 heteroatoms. The summed E-state index contributed by atoms with van der Waals surface area (Å²) in [5.74, 6) is -0.260. The van der Waals surface area contributed by atoms with E-state index in [0.717, 1.165) is 26.2 Å². The molecule has 1 aromatic carbocycles. The van der Waals surface area contributed by atoms with Crippen LogP contribution in [0.3, 0.4) is 0 Å². The van der Waals surface area contributed by atoms with E-state index >= 15 is 0 Å². The lowest BCUT2D eigenvalue weighted by molar-refractivity contribution is 0.102. The summed E-state index contributed by atoms with van der Waals surface area (Å²) in [6.45, 7) is 5.39. The molecular weight excluding hydrogens is 309 g/mol. The van der Waals surface area contributed by atoms with E-state index in [2.05, 4.69) is 32.1 Å². The Morgan fingerprint density at radius 1 is 1.21 bits per heavy atom. The topological polar surface area (TPSA) is 61.4 Å². The van der Waals surface area contributed by atoms with Gasteiger partial charge in [-0.3, -0.25) is 4.79 Å². The first-order chi connectivity index (χ1) is 11.5. The van der Waals surface area contributed by atoms with Gasteiger partial charge in [-0.2, -0.15) is 0 Å². The number of rotatable bonds is 3. The zero-order valence-corrected chi connectivity index (χ0v) is 13.8. The maximum atomic E-state index is 13.6. The summed E-state index contributed by atoms with van der Waals surface area (Å²) in [6.07, 6.45) is 1.51. The van der Waals surface area contributed by atoms with Crippen LogP contribution in [0.25, 0.3) is 0 Å². The number of halogens is 1. The Hall–Kier alpha value is -2.54. The van der Waals surface area contributed by atoms with Crippen molar-refractivity contribution in [3.8, 4) is 0 Å². The Bertz CT molecular complexity index is 744. The molecule has 0 saturated carbocycles. The molecule has 1 fully saturated rings. The maximum Gasteiger partial charge on any atom is 0.259 e. The van der Waals surface area contributed by atoms with Gasteiger partial charge in [-0.15, -0.1) is 0 Å². The number of anilines is 2. The number of aromatic nitrogens is 2. The zero-order chi connectivity index (χ0) is 17.1. The lowest BCUT2D eigenvalue weighted by Gasteiger charge is -2.32. The Labute approximate surface area is 140 Å². The van der Waals surface area contributed by atoms with E-state index in [0.29, 0.717) is 17.2 Å². The summed E-state index contributed by atoms with van der Waals surface area (Å²) in [4.78, 5) is 25.5. The van der Waals surface area contributed by atoms with Gasteiger partial charge < -0.3 is 15.1 Å². The number of piperazine rings is 1. The highest BCUT2D eigenvalue weighted by Gasteiger charge is 2.19. The van der Waals surface area contributed by atoms with Crippen LogP contribution in [0.5, 0.6) is 0 Å². The van der Waals surface area contributed by atoms with Crippen molar-refractivity contribution in [1.29, 1.82) is 0 Å². The molecule has 126 valence electrons. The number of amides is 1. The number of carbonyl (C=O) groups is 1. The Morgan fingerprint density at radius 2 is 1.92 bits per heavy atom. The molecular formula is C17H20FN5O. The largest absolute Gasteiger partial charge is 0.338 e. The van der Waals surface area contributed by atoms with Crippen LogP contribution in [-0.2, 0) is 0 Å². The molecule has 2 heterocycles. The first kappa shape index (κ1) is 16.3. The van der Waals surface area contributed by atoms with Crippen LogP contribution in [0.15, 0.2) is 30.5 Å². The van der Waals surface area contributed by atoms with Gasteiger partial charge in [0.25, 0.3) is 5.91 Å². The highest BCUT2D eigenvalue weighted by Crippen LogP contribution is 2.17. The average molecular weight is 329 g/mol. The predicted molar refractivity (Wildman–Crippen MR) is 90.8 cm³/mol. The lowest BCUT2D eigenvalue weighted by Crippen LogP contribution is -2.45. The van der Waals surface area contributed by atoms with Crippen molar-refractivity contribution in [2.75, 3.05) is 43.4 Å². The van der Waals surface area contributed by atoms with Gasteiger partial charge in [-0.05, 0) is 26.1 Å². The van der Waals surface area contributed by atoms with Crippen LogP contribution in [0.4, 0.5) is 16.0 Å². The minimum Gasteiger partial charge on any atom is -0.338 e. The van der Waals surface area contributed by atoms with E-state index in [1.807, 2.05) is 0 Å². The summed E-state index contributed by atoms with van der Waals surface area (Å²) < 4.78 is 13.6. The number of para-hydroxylation sites is 1. The van der Waals surface area contributed by atoms with Crippen LogP contribution >= 0.6 is 0 Å². The quantitative estimate of drug-likeness (QED) is 0.932. The molecule has 6 nitrogen and oxygen atoms in total. The summed E-state index contributed by atoms with van der Waals surface area (Å²) in [5.41, 5.74) is 1.06. The minimum absolute atomic E-state index is 0.144. The fourth-order valence-corrected chi connectivity index (χ4v) is 2.59. The molecule has 1 N–H and O–H groups in total. The van der Waals surface area contributed by atoms with Gasteiger partial charge in [0, 0.05) is 32.4 Å². The van der Waals surface area contributed by atoms with Gasteiger partial charge in [0.15, 0.2) is 0 Å². The molecule has 0 radical (unpaired) electrons. The third-order valence-corrected chi connectivity index (χ3v) is 4.12. The van der Waals surface area contributed by atoms with Crippen molar-refractivity contribution < 1.29 is 9.18 Å². The summed E-state index contributed by atoms with van der Waals surface area (Å²) in [6, 6.07) is 6.06. The van der Waals surface area contributed by atoms with E-state index in [4.69, 9.17) is 0 Å². The lowest BCUT2D eigenvalue weighted by atomic mass is 10.2. The second-order valence-electron chi connectivity index (χ2n) is 5.89. The molecule has 1 amide bonds. The first-order valence-corrected chi connectivity index (χ1v) is 7.87. The van der Waals surface area contributed by atoms with Crippen molar-refractivity contribution in [2.45, 2.75) is 6.92 Å². The summed E-state index contributed by atoms with van der Waals surface area (Å²) in [7, 11) is 2.08.